The number of unbranched alkanes of at least 4 members (excludes halogenated alkanes) is 2. The lowest BCUT2D eigenvalue weighted by molar-refractivity contribution is -0.136. The van der Waals surface area contributed by atoms with E-state index in [0.717, 1.165) is 23.5 Å². The van der Waals surface area contributed by atoms with Gasteiger partial charge in [0.05, 0.1) is 11.3 Å². The molecule has 1 atom stereocenters. The molecule has 6 heteroatoms. The summed E-state index contributed by atoms with van der Waals surface area (Å²) in [6.07, 6.45) is 5.42. The fourth-order valence-corrected chi connectivity index (χ4v) is 5.66. The van der Waals surface area contributed by atoms with Gasteiger partial charge in [-0.2, -0.15) is 0 Å². The van der Waals surface area contributed by atoms with E-state index in [1.165, 1.54) is 58.4 Å². The predicted octanol–water partition coefficient (Wildman–Crippen LogP) is 8.14. The summed E-state index contributed by atoms with van der Waals surface area (Å²) in [5.74, 6) is 0.0514. The molecule has 0 radical (unpaired) electrons. The molecule has 0 aliphatic heterocycles. The smallest absolute Gasteiger partial charge is 0.305 e. The van der Waals surface area contributed by atoms with Gasteiger partial charge in [-0.3, -0.25) is 9.59 Å². The number of thiophene rings is 1. The second-order valence-electron chi connectivity index (χ2n) is 10.4. The Morgan fingerprint density at radius 3 is 2.29 bits per heavy atom. The first-order chi connectivity index (χ1) is 18.2. The normalized spacial score (nSPS) is 11.9. The third kappa shape index (κ3) is 8.45. The molecule has 1 amide bonds. The van der Waals surface area contributed by atoms with Crippen molar-refractivity contribution in [3.05, 3.63) is 75.0 Å². The molecule has 1 unspecified atom stereocenters. The maximum Gasteiger partial charge on any atom is 0.305 e. The van der Waals surface area contributed by atoms with E-state index in [0.29, 0.717) is 10.8 Å². The second kappa shape index (κ2) is 14.1. The first-order valence-electron chi connectivity index (χ1n) is 13.6. The molecule has 0 saturated carbocycles. The van der Waals surface area contributed by atoms with Crippen LogP contribution in [0.4, 0.5) is 0 Å². The molecule has 5 nitrogen and oxygen atoms in total. The van der Waals surface area contributed by atoms with Crippen LogP contribution in [0, 0.1) is 19.8 Å². The van der Waals surface area contributed by atoms with Crippen LogP contribution >= 0.6 is 11.3 Å². The molecule has 0 aliphatic carbocycles. The Morgan fingerprint density at radius 2 is 1.68 bits per heavy atom. The largest absolute Gasteiger partial charge is 0.485 e. The molecule has 0 saturated heterocycles. The van der Waals surface area contributed by atoms with Crippen molar-refractivity contribution in [3.8, 4) is 16.9 Å². The molecule has 3 rings (SSSR count). The van der Waals surface area contributed by atoms with E-state index < -0.39 is 5.97 Å². The van der Waals surface area contributed by atoms with Gasteiger partial charge in [-0.1, -0.05) is 57.9 Å². The highest BCUT2D eigenvalue weighted by Gasteiger charge is 2.21. The summed E-state index contributed by atoms with van der Waals surface area (Å²) < 4.78 is 6.54. The molecule has 2 aromatic carbocycles. The zero-order valence-electron chi connectivity index (χ0n) is 23.3. The summed E-state index contributed by atoms with van der Waals surface area (Å²) in [5, 5.41) is 11.5. The van der Waals surface area contributed by atoms with E-state index in [9.17, 15) is 9.59 Å². The third-order valence-corrected chi connectivity index (χ3v) is 7.75. The number of nitrogens with one attached hydrogen (secondary N) is 1. The number of hydrogen-bond donors (Lipinski definition) is 2. The highest BCUT2D eigenvalue weighted by molar-refractivity contribution is 7.14. The van der Waals surface area contributed by atoms with Crippen molar-refractivity contribution in [1.82, 2.24) is 5.32 Å². The predicted molar refractivity (Wildman–Crippen MR) is 156 cm³/mol. The minimum absolute atomic E-state index is 0.0964. The topological polar surface area (TPSA) is 75.6 Å². The lowest BCUT2D eigenvalue weighted by Gasteiger charge is -2.22. The summed E-state index contributed by atoms with van der Waals surface area (Å²) in [6.45, 7) is 10.9. The van der Waals surface area contributed by atoms with Crippen LogP contribution < -0.4 is 10.1 Å². The van der Waals surface area contributed by atoms with Gasteiger partial charge >= 0.3 is 5.97 Å². The van der Waals surface area contributed by atoms with Gasteiger partial charge in [-0.25, -0.2) is 0 Å². The number of ether oxygens (including phenoxy) is 1. The first-order valence-corrected chi connectivity index (χ1v) is 14.5. The SMILES string of the molecule is CCCCCc1ccc(-c2c(C)cc(OC(CC(C)C)c3ccc(C(=O)NCCC(=O)O)s3)cc2C)cc1. The Balaban J connectivity index is 1.76. The van der Waals surface area contributed by atoms with Crippen LogP contribution in [-0.2, 0) is 11.2 Å². The number of carbonyl (C=O) groups is 2. The Hall–Kier alpha value is -3.12. The van der Waals surface area contributed by atoms with E-state index in [1.807, 2.05) is 6.07 Å². The van der Waals surface area contributed by atoms with Crippen molar-refractivity contribution in [2.24, 2.45) is 5.92 Å². The molecule has 0 bridgehead atoms. The Kier molecular flexibility index (Phi) is 11.0. The Bertz CT molecular complexity index is 1190. The Morgan fingerprint density at radius 1 is 1.00 bits per heavy atom. The number of carboxylic acid groups (broad SMARTS) is 1. The molecule has 1 aromatic heterocycles. The highest BCUT2D eigenvalue weighted by atomic mass is 32.1. The minimum atomic E-state index is -0.932. The van der Waals surface area contributed by atoms with E-state index in [1.54, 1.807) is 6.07 Å². The van der Waals surface area contributed by atoms with Crippen LogP contribution in [-0.4, -0.2) is 23.5 Å². The minimum Gasteiger partial charge on any atom is -0.485 e. The summed E-state index contributed by atoms with van der Waals surface area (Å²) in [4.78, 5) is 24.7. The fourth-order valence-electron chi connectivity index (χ4n) is 4.70. The van der Waals surface area contributed by atoms with Crippen molar-refractivity contribution in [2.75, 3.05) is 6.54 Å². The van der Waals surface area contributed by atoms with Crippen molar-refractivity contribution >= 4 is 23.2 Å². The fraction of sp³-hybridized carbons (Fsp3) is 0.438. The standard InChI is InChI=1S/C32H41NO4S/c1-6-7-8-9-24-10-12-25(13-11-24)31-22(4)19-26(20-23(31)5)37-27(18-21(2)3)28-14-15-29(38-28)32(36)33-17-16-30(34)35/h10-15,19-21,27H,6-9,16-18H2,1-5H3,(H,33,36)(H,34,35). The van der Waals surface area contributed by atoms with Gasteiger partial charge in [0, 0.05) is 11.4 Å². The second-order valence-corrected chi connectivity index (χ2v) is 11.5. The van der Waals surface area contributed by atoms with Gasteiger partial charge in [0.1, 0.15) is 11.9 Å². The van der Waals surface area contributed by atoms with E-state index in [4.69, 9.17) is 9.84 Å². The molecule has 0 fully saturated rings. The zero-order valence-corrected chi connectivity index (χ0v) is 24.1. The van der Waals surface area contributed by atoms with Crippen molar-refractivity contribution in [2.45, 2.75) is 79.2 Å². The van der Waals surface area contributed by atoms with Crippen LogP contribution in [0.25, 0.3) is 11.1 Å². The molecule has 3 aromatic rings. The van der Waals surface area contributed by atoms with Crippen molar-refractivity contribution in [1.29, 1.82) is 0 Å². The molecule has 38 heavy (non-hydrogen) atoms. The van der Waals surface area contributed by atoms with Gasteiger partial charge in [0.25, 0.3) is 5.91 Å². The average molecular weight is 536 g/mol. The van der Waals surface area contributed by atoms with Gasteiger partial charge in [-0.05, 0) is 91.1 Å². The first kappa shape index (κ1) is 29.4. The molecular weight excluding hydrogens is 494 g/mol. The van der Waals surface area contributed by atoms with E-state index in [-0.39, 0.29) is 25.0 Å². The maximum atomic E-state index is 12.5. The van der Waals surface area contributed by atoms with Crippen LogP contribution in [0.15, 0.2) is 48.5 Å². The Labute approximate surface area is 231 Å². The highest BCUT2D eigenvalue weighted by Crippen LogP contribution is 2.36. The molecule has 204 valence electrons. The molecular formula is C32H41NO4S. The van der Waals surface area contributed by atoms with Gasteiger partial charge in [0.15, 0.2) is 0 Å². The van der Waals surface area contributed by atoms with Gasteiger partial charge in [0.2, 0.25) is 0 Å². The maximum absolute atomic E-state index is 12.5. The van der Waals surface area contributed by atoms with Gasteiger partial charge in [-0.15, -0.1) is 11.3 Å². The summed E-state index contributed by atoms with van der Waals surface area (Å²) in [5.41, 5.74) is 6.20. The number of aliphatic carboxylic acids is 1. The van der Waals surface area contributed by atoms with Gasteiger partial charge < -0.3 is 15.2 Å². The third-order valence-electron chi connectivity index (χ3n) is 6.57. The molecule has 1 heterocycles. The summed E-state index contributed by atoms with van der Waals surface area (Å²) in [7, 11) is 0. The number of aryl methyl sites for hydroxylation is 3. The van der Waals surface area contributed by atoms with Crippen molar-refractivity contribution in [3.63, 3.8) is 0 Å². The average Bonchev–Trinajstić information content (AvgIpc) is 3.34. The zero-order chi connectivity index (χ0) is 27.7. The number of amides is 1. The summed E-state index contributed by atoms with van der Waals surface area (Å²) >= 11 is 1.40. The quantitative estimate of drug-likeness (QED) is 0.204. The molecule has 0 spiro atoms. The number of carbonyl (C=O) groups excluding carboxylic acids is 1. The number of hydrogen-bond acceptors (Lipinski definition) is 4. The summed E-state index contributed by atoms with van der Waals surface area (Å²) in [6, 6.07) is 16.9. The monoisotopic (exact) mass is 535 g/mol. The lowest BCUT2D eigenvalue weighted by atomic mass is 9.94. The van der Waals surface area contributed by atoms with Crippen molar-refractivity contribution < 1.29 is 19.4 Å². The number of benzene rings is 2. The van der Waals surface area contributed by atoms with Crippen LogP contribution in [0.3, 0.4) is 0 Å². The van der Waals surface area contributed by atoms with Crippen LogP contribution in [0.1, 0.15) is 90.2 Å². The van der Waals surface area contributed by atoms with E-state index in [2.05, 4.69) is 76.3 Å². The molecule has 2 N–H and O–H groups in total. The van der Waals surface area contributed by atoms with Crippen LogP contribution in [0.5, 0.6) is 5.75 Å². The lowest BCUT2D eigenvalue weighted by Crippen LogP contribution is -2.25. The number of carboxylic acids is 1. The number of rotatable bonds is 14. The van der Waals surface area contributed by atoms with Crippen LogP contribution in [0.2, 0.25) is 0 Å². The van der Waals surface area contributed by atoms with E-state index >= 15 is 0 Å². The molecule has 0 aliphatic rings.